The van der Waals surface area contributed by atoms with Crippen molar-refractivity contribution in [2.75, 3.05) is 36.1 Å². The Morgan fingerprint density at radius 1 is 1.28 bits per heavy atom. The van der Waals surface area contributed by atoms with E-state index in [1.807, 2.05) is 0 Å². The van der Waals surface area contributed by atoms with Gasteiger partial charge in [0.05, 0.1) is 18.8 Å². The van der Waals surface area contributed by atoms with Crippen LogP contribution in [0, 0.1) is 0 Å². The molecule has 1 aromatic heterocycles. The molecule has 2 heterocycles. The molecule has 11 nitrogen and oxygen atoms in total. The van der Waals surface area contributed by atoms with Crippen LogP contribution < -0.4 is 26.0 Å². The van der Waals surface area contributed by atoms with Crippen LogP contribution in [0.1, 0.15) is 37.7 Å². The lowest BCUT2D eigenvalue weighted by molar-refractivity contribution is 0.0562. The zero-order valence-corrected chi connectivity index (χ0v) is 18.5. The number of carbonyl (C=O) groups excluding carboxylic acids is 1. The fourth-order valence-electron chi connectivity index (χ4n) is 3.26. The number of para-hydroxylation sites is 2. The zero-order valence-electron chi connectivity index (χ0n) is 18.5. The molecule has 1 saturated heterocycles. The number of carbonyl (C=O) groups is 2. The van der Waals surface area contributed by atoms with Gasteiger partial charge in [0.25, 0.3) is 0 Å². The highest BCUT2D eigenvalue weighted by Crippen LogP contribution is 2.32. The molecule has 0 radical (unpaired) electrons. The van der Waals surface area contributed by atoms with Crippen LogP contribution in [0.4, 0.5) is 27.9 Å². The Labute approximate surface area is 185 Å². The van der Waals surface area contributed by atoms with Crippen molar-refractivity contribution in [2.24, 2.45) is 0 Å². The van der Waals surface area contributed by atoms with Crippen molar-refractivity contribution in [2.45, 2.75) is 38.8 Å². The first-order chi connectivity index (χ1) is 15.1. The number of nitrogens with one attached hydrogen (secondary N) is 2. The van der Waals surface area contributed by atoms with Crippen LogP contribution in [0.3, 0.4) is 0 Å². The zero-order chi connectivity index (χ0) is 23.5. The molecular formula is C21H28N6O5. The first kappa shape index (κ1) is 23.1. The Hall–Kier alpha value is -3.60. The van der Waals surface area contributed by atoms with E-state index in [1.54, 1.807) is 45.0 Å². The van der Waals surface area contributed by atoms with Crippen molar-refractivity contribution in [3.8, 4) is 5.75 Å². The number of hydrogen-bond acceptors (Lipinski definition) is 9. The van der Waals surface area contributed by atoms with E-state index in [2.05, 4.69) is 20.6 Å². The molecule has 1 aromatic carbocycles. The Bertz CT molecular complexity index is 1000. The van der Waals surface area contributed by atoms with Crippen LogP contribution in [-0.4, -0.2) is 59.0 Å². The molecule has 0 saturated carbocycles. The summed E-state index contributed by atoms with van der Waals surface area (Å²) < 4.78 is 10.9. The van der Waals surface area contributed by atoms with Gasteiger partial charge in [0.2, 0.25) is 5.95 Å². The van der Waals surface area contributed by atoms with Crippen LogP contribution in [0.25, 0.3) is 0 Å². The number of hydrogen-bond donors (Lipinski definition) is 4. The monoisotopic (exact) mass is 444 g/mol. The van der Waals surface area contributed by atoms with E-state index in [0.29, 0.717) is 30.9 Å². The van der Waals surface area contributed by atoms with Gasteiger partial charge < -0.3 is 30.9 Å². The third-order valence-corrected chi connectivity index (χ3v) is 4.70. The topological polar surface area (TPSA) is 152 Å². The number of methoxy groups -OCH3 is 1. The minimum atomic E-state index is -1.34. The summed E-state index contributed by atoms with van der Waals surface area (Å²) in [6.45, 7) is 6.42. The number of aromatic carboxylic acids is 1. The van der Waals surface area contributed by atoms with Gasteiger partial charge in [-0.1, -0.05) is 12.1 Å². The molecule has 1 aliphatic rings. The van der Waals surface area contributed by atoms with Gasteiger partial charge >= 0.3 is 12.1 Å². The molecule has 3 rings (SSSR count). The summed E-state index contributed by atoms with van der Waals surface area (Å²) in [5.41, 5.74) is 5.24. The first-order valence-electron chi connectivity index (χ1n) is 10.1. The Kier molecular flexibility index (Phi) is 6.68. The minimum absolute atomic E-state index is 0.0383. The lowest BCUT2D eigenvalue weighted by Crippen LogP contribution is -2.45. The minimum Gasteiger partial charge on any atom is -0.495 e. The molecule has 0 spiro atoms. The summed E-state index contributed by atoms with van der Waals surface area (Å²) in [6, 6.07) is 6.72. The van der Waals surface area contributed by atoms with Gasteiger partial charge in [-0.25, -0.2) is 19.5 Å². The molecule has 0 bridgehead atoms. The number of nitrogen functional groups attached to an aromatic ring is 1. The van der Waals surface area contributed by atoms with E-state index in [0.717, 1.165) is 0 Å². The number of ether oxygens (including phenoxy) is 2. The normalized spacial score (nSPS) is 15.8. The Morgan fingerprint density at radius 3 is 2.59 bits per heavy atom. The summed E-state index contributed by atoms with van der Waals surface area (Å²) >= 11 is 0. The molecule has 5 N–H and O–H groups in total. The maximum atomic E-state index is 13.1. The fraction of sp³-hybridized carbons (Fsp3) is 0.429. The number of benzene rings is 1. The van der Waals surface area contributed by atoms with Crippen LogP contribution in [-0.2, 0) is 4.74 Å². The summed E-state index contributed by atoms with van der Waals surface area (Å²) in [6.07, 6.45) is -0.0412. The lowest BCUT2D eigenvalue weighted by Gasteiger charge is -2.30. The van der Waals surface area contributed by atoms with Gasteiger partial charge in [0, 0.05) is 6.54 Å². The van der Waals surface area contributed by atoms with Crippen molar-refractivity contribution in [1.82, 2.24) is 15.3 Å². The lowest BCUT2D eigenvalue weighted by atomic mass is 10.2. The van der Waals surface area contributed by atoms with E-state index < -0.39 is 23.4 Å². The molecule has 1 unspecified atom stereocenters. The number of nitrogens with zero attached hydrogens (tertiary/aromatic N) is 3. The predicted molar refractivity (Wildman–Crippen MR) is 120 cm³/mol. The van der Waals surface area contributed by atoms with Crippen molar-refractivity contribution >= 4 is 35.2 Å². The van der Waals surface area contributed by atoms with Crippen molar-refractivity contribution in [3.05, 3.63) is 30.0 Å². The van der Waals surface area contributed by atoms with Gasteiger partial charge in [-0.2, -0.15) is 4.98 Å². The average molecular weight is 444 g/mol. The van der Waals surface area contributed by atoms with E-state index >= 15 is 0 Å². The van der Waals surface area contributed by atoms with Crippen LogP contribution in [0.15, 0.2) is 24.3 Å². The molecule has 11 heteroatoms. The summed E-state index contributed by atoms with van der Waals surface area (Å²) in [5.74, 6) is -0.913. The SMILES string of the molecule is COc1ccccc1Nc1nc(N(C(=O)OC(C)(C)C)C2CCNC2)nc(C(=O)O)c1N. The number of aromatic nitrogens is 2. The van der Waals surface area contributed by atoms with E-state index in [1.165, 1.54) is 12.0 Å². The second-order valence-corrected chi connectivity index (χ2v) is 8.26. The molecule has 1 amide bonds. The molecular weight excluding hydrogens is 416 g/mol. The quantitative estimate of drug-likeness (QED) is 0.523. The highest BCUT2D eigenvalue weighted by Gasteiger charge is 2.35. The first-order valence-corrected chi connectivity index (χ1v) is 10.1. The highest BCUT2D eigenvalue weighted by atomic mass is 16.6. The van der Waals surface area contributed by atoms with Gasteiger partial charge in [-0.3, -0.25) is 0 Å². The average Bonchev–Trinajstić information content (AvgIpc) is 3.23. The maximum absolute atomic E-state index is 13.1. The van der Waals surface area contributed by atoms with E-state index in [-0.39, 0.29) is 23.5 Å². The third kappa shape index (κ3) is 5.17. The fourth-order valence-corrected chi connectivity index (χ4v) is 3.26. The van der Waals surface area contributed by atoms with Crippen molar-refractivity contribution in [3.63, 3.8) is 0 Å². The highest BCUT2D eigenvalue weighted by molar-refractivity contribution is 5.96. The number of carboxylic acid groups (broad SMARTS) is 1. The van der Waals surface area contributed by atoms with Gasteiger partial charge in [0.15, 0.2) is 11.5 Å². The predicted octanol–water partition coefficient (Wildman–Crippen LogP) is 2.61. The summed E-state index contributed by atoms with van der Waals surface area (Å²) in [5, 5.41) is 15.9. The second-order valence-electron chi connectivity index (χ2n) is 8.26. The van der Waals surface area contributed by atoms with Crippen molar-refractivity contribution < 1.29 is 24.2 Å². The smallest absolute Gasteiger partial charge is 0.417 e. The van der Waals surface area contributed by atoms with E-state index in [9.17, 15) is 14.7 Å². The third-order valence-electron chi connectivity index (χ3n) is 4.70. The van der Waals surface area contributed by atoms with Gasteiger partial charge in [-0.15, -0.1) is 0 Å². The largest absolute Gasteiger partial charge is 0.495 e. The Morgan fingerprint density at radius 2 is 2.00 bits per heavy atom. The molecule has 1 atom stereocenters. The molecule has 32 heavy (non-hydrogen) atoms. The van der Waals surface area contributed by atoms with Gasteiger partial charge in [-0.05, 0) is 45.9 Å². The van der Waals surface area contributed by atoms with Crippen LogP contribution in [0.2, 0.25) is 0 Å². The maximum Gasteiger partial charge on any atom is 0.417 e. The molecule has 2 aromatic rings. The standard InChI is InChI=1S/C21H28N6O5/c1-21(2,3)32-20(30)27(12-9-10-23-11-12)19-25-16(18(28)29)15(22)17(26-19)24-13-7-5-6-8-14(13)31-4/h5-8,12,23H,9-11,22H2,1-4H3,(H,28,29)(H,24,25,26). The number of amides is 1. The van der Waals surface area contributed by atoms with Crippen molar-refractivity contribution in [1.29, 1.82) is 0 Å². The summed E-state index contributed by atoms with van der Waals surface area (Å²) in [4.78, 5) is 34.7. The molecule has 1 aliphatic heterocycles. The number of carboxylic acids is 1. The number of anilines is 4. The van der Waals surface area contributed by atoms with Crippen LogP contribution in [0.5, 0.6) is 5.75 Å². The van der Waals surface area contributed by atoms with Gasteiger partial charge in [0.1, 0.15) is 17.0 Å². The number of rotatable bonds is 6. The Balaban J connectivity index is 2.10. The van der Waals surface area contributed by atoms with E-state index in [4.69, 9.17) is 15.2 Å². The second kappa shape index (κ2) is 9.27. The summed E-state index contributed by atoms with van der Waals surface area (Å²) in [7, 11) is 1.51. The van der Waals surface area contributed by atoms with Crippen LogP contribution >= 0.6 is 0 Å². The molecule has 172 valence electrons. The number of nitrogens with two attached hydrogens (primary N) is 1. The molecule has 1 fully saturated rings. The molecule has 0 aliphatic carbocycles.